The lowest BCUT2D eigenvalue weighted by Crippen LogP contribution is -2.34. The normalized spacial score (nSPS) is 16.9. The fraction of sp³-hybridized carbons (Fsp3) is 0.533. The minimum Gasteiger partial charge on any atom is -0.385 e. The molecule has 1 aromatic carbocycles. The van der Waals surface area contributed by atoms with Gasteiger partial charge in [0.05, 0.1) is 0 Å². The fourth-order valence-corrected chi connectivity index (χ4v) is 2.82. The Morgan fingerprint density at radius 2 is 2.21 bits per heavy atom. The molecule has 1 amide bonds. The number of nitrogens with zero attached hydrogens (tertiary/aromatic N) is 1. The predicted octanol–water partition coefficient (Wildman–Crippen LogP) is 3.09. The van der Waals surface area contributed by atoms with Gasteiger partial charge in [0.1, 0.15) is 0 Å². The summed E-state index contributed by atoms with van der Waals surface area (Å²) in [5.41, 5.74) is 3.28. The van der Waals surface area contributed by atoms with Crippen LogP contribution < -0.4 is 5.32 Å². The second kappa shape index (κ2) is 5.83. The summed E-state index contributed by atoms with van der Waals surface area (Å²) in [7, 11) is 0. The molecule has 19 heavy (non-hydrogen) atoms. The number of nitrogens with one attached hydrogen (secondary N) is 1. The van der Waals surface area contributed by atoms with Crippen LogP contribution in [0.2, 0.25) is 0 Å². The van der Waals surface area contributed by atoms with Gasteiger partial charge in [0.2, 0.25) is 0 Å². The van der Waals surface area contributed by atoms with Gasteiger partial charge in [0, 0.05) is 30.4 Å². The third kappa shape index (κ3) is 2.71. The van der Waals surface area contributed by atoms with E-state index in [2.05, 4.69) is 18.3 Å². The van der Waals surface area contributed by atoms with Crippen molar-refractivity contribution in [3.05, 3.63) is 29.3 Å². The molecule has 4 heteroatoms. The Balaban J connectivity index is 0.00000133. The molecular weight excluding hydrogens is 260 g/mol. The van der Waals surface area contributed by atoms with Gasteiger partial charge >= 0.3 is 0 Å². The summed E-state index contributed by atoms with van der Waals surface area (Å²) in [6, 6.07) is 6.55. The molecule has 1 aliphatic carbocycles. The van der Waals surface area contributed by atoms with Crippen molar-refractivity contribution in [2.75, 3.05) is 18.4 Å². The van der Waals surface area contributed by atoms with E-state index in [1.54, 1.807) is 0 Å². The first kappa shape index (κ1) is 14.2. The largest absolute Gasteiger partial charge is 0.385 e. The van der Waals surface area contributed by atoms with Crippen LogP contribution in [0.15, 0.2) is 18.2 Å². The third-order valence-corrected chi connectivity index (χ3v) is 3.91. The molecule has 1 heterocycles. The maximum absolute atomic E-state index is 12.6. The number of fused-ring (bicyclic) bond motifs is 1. The maximum atomic E-state index is 12.6. The lowest BCUT2D eigenvalue weighted by Gasteiger charge is -2.25. The molecule has 0 spiro atoms. The van der Waals surface area contributed by atoms with Gasteiger partial charge in [-0.1, -0.05) is 6.07 Å². The molecule has 1 saturated carbocycles. The van der Waals surface area contributed by atoms with Crippen molar-refractivity contribution in [1.29, 1.82) is 0 Å². The first-order chi connectivity index (χ1) is 8.81. The van der Waals surface area contributed by atoms with E-state index in [4.69, 9.17) is 0 Å². The lowest BCUT2D eigenvalue weighted by molar-refractivity contribution is 0.0751. The molecule has 0 unspecified atom stereocenters. The van der Waals surface area contributed by atoms with Gasteiger partial charge in [-0.25, -0.2) is 0 Å². The van der Waals surface area contributed by atoms with Crippen LogP contribution in [0.1, 0.15) is 42.1 Å². The number of anilines is 1. The van der Waals surface area contributed by atoms with Gasteiger partial charge in [-0.2, -0.15) is 0 Å². The highest BCUT2D eigenvalue weighted by molar-refractivity contribution is 5.97. The quantitative estimate of drug-likeness (QED) is 0.923. The third-order valence-electron chi connectivity index (χ3n) is 3.91. The average molecular weight is 281 g/mol. The molecule has 3 rings (SSSR count). The monoisotopic (exact) mass is 280 g/mol. The first-order valence-electron chi connectivity index (χ1n) is 6.98. The molecule has 104 valence electrons. The van der Waals surface area contributed by atoms with Gasteiger partial charge in [-0.05, 0) is 50.3 Å². The Hall–Kier alpha value is -1.22. The second-order valence-electron chi connectivity index (χ2n) is 5.18. The van der Waals surface area contributed by atoms with Gasteiger partial charge in [-0.15, -0.1) is 12.4 Å². The average Bonchev–Trinajstić information content (AvgIpc) is 3.23. The molecule has 3 nitrogen and oxygen atoms in total. The van der Waals surface area contributed by atoms with E-state index >= 15 is 0 Å². The van der Waals surface area contributed by atoms with E-state index in [1.165, 1.54) is 18.4 Å². The predicted molar refractivity (Wildman–Crippen MR) is 80.2 cm³/mol. The molecule has 0 saturated heterocycles. The zero-order valence-corrected chi connectivity index (χ0v) is 12.1. The molecule has 1 fully saturated rings. The highest BCUT2D eigenvalue weighted by Crippen LogP contribution is 2.31. The Morgan fingerprint density at radius 1 is 1.42 bits per heavy atom. The minimum absolute atomic E-state index is 0. The van der Waals surface area contributed by atoms with E-state index in [0.29, 0.717) is 6.04 Å². The number of benzene rings is 1. The van der Waals surface area contributed by atoms with Crippen LogP contribution in [0.25, 0.3) is 0 Å². The Kier molecular flexibility index (Phi) is 4.35. The van der Waals surface area contributed by atoms with Crippen LogP contribution >= 0.6 is 12.4 Å². The van der Waals surface area contributed by atoms with Crippen LogP contribution in [-0.4, -0.2) is 29.9 Å². The number of halogens is 1. The first-order valence-corrected chi connectivity index (χ1v) is 6.98. The minimum atomic E-state index is 0. The Morgan fingerprint density at radius 3 is 2.89 bits per heavy atom. The maximum Gasteiger partial charge on any atom is 0.254 e. The van der Waals surface area contributed by atoms with Gasteiger partial charge in [0.25, 0.3) is 5.91 Å². The number of carbonyl (C=O) groups is 1. The van der Waals surface area contributed by atoms with E-state index in [1.807, 2.05) is 17.0 Å². The van der Waals surface area contributed by atoms with Crippen LogP contribution in [0.3, 0.4) is 0 Å². The number of hydrogen-bond donors (Lipinski definition) is 1. The summed E-state index contributed by atoms with van der Waals surface area (Å²) in [6.07, 6.45) is 4.49. The number of amides is 1. The smallest absolute Gasteiger partial charge is 0.254 e. The van der Waals surface area contributed by atoms with E-state index < -0.39 is 0 Å². The number of carbonyl (C=O) groups excluding carboxylic acids is 1. The summed E-state index contributed by atoms with van der Waals surface area (Å²) in [4.78, 5) is 14.7. The molecule has 1 N–H and O–H groups in total. The van der Waals surface area contributed by atoms with Gasteiger partial charge in [-0.3, -0.25) is 4.79 Å². The molecular formula is C15H21ClN2O. The molecule has 1 aromatic rings. The zero-order valence-electron chi connectivity index (χ0n) is 11.3. The lowest BCUT2D eigenvalue weighted by atomic mass is 9.97. The van der Waals surface area contributed by atoms with E-state index in [9.17, 15) is 4.79 Å². The molecule has 0 radical (unpaired) electrons. The summed E-state index contributed by atoms with van der Waals surface area (Å²) in [5.74, 6) is 0.223. The molecule has 0 aromatic heterocycles. The highest BCUT2D eigenvalue weighted by Gasteiger charge is 2.33. The molecule has 1 aliphatic heterocycles. The van der Waals surface area contributed by atoms with Crippen molar-refractivity contribution in [1.82, 2.24) is 4.90 Å². The van der Waals surface area contributed by atoms with Gasteiger partial charge in [0.15, 0.2) is 0 Å². The van der Waals surface area contributed by atoms with Crippen molar-refractivity contribution in [2.45, 2.75) is 38.6 Å². The summed E-state index contributed by atoms with van der Waals surface area (Å²) >= 11 is 0. The van der Waals surface area contributed by atoms with Crippen molar-refractivity contribution in [3.63, 3.8) is 0 Å². The van der Waals surface area contributed by atoms with Crippen LogP contribution in [0, 0.1) is 0 Å². The van der Waals surface area contributed by atoms with Crippen LogP contribution in [-0.2, 0) is 6.42 Å². The van der Waals surface area contributed by atoms with Crippen molar-refractivity contribution < 1.29 is 4.79 Å². The Labute approximate surface area is 120 Å². The Bertz CT molecular complexity index is 471. The van der Waals surface area contributed by atoms with E-state index in [-0.39, 0.29) is 18.3 Å². The van der Waals surface area contributed by atoms with Crippen LogP contribution in [0.4, 0.5) is 5.69 Å². The summed E-state index contributed by atoms with van der Waals surface area (Å²) in [5, 5.41) is 3.39. The number of hydrogen-bond acceptors (Lipinski definition) is 2. The zero-order chi connectivity index (χ0) is 12.5. The SMILES string of the molecule is CCN(C(=O)c1cccc2c1CCCN2)C1CC1.Cl. The summed E-state index contributed by atoms with van der Waals surface area (Å²) < 4.78 is 0. The number of rotatable bonds is 3. The fourth-order valence-electron chi connectivity index (χ4n) is 2.82. The molecule has 0 atom stereocenters. The highest BCUT2D eigenvalue weighted by atomic mass is 35.5. The second-order valence-corrected chi connectivity index (χ2v) is 5.18. The molecule has 0 bridgehead atoms. The van der Waals surface area contributed by atoms with Gasteiger partial charge < -0.3 is 10.2 Å². The molecule has 2 aliphatic rings. The van der Waals surface area contributed by atoms with Crippen LogP contribution in [0.5, 0.6) is 0 Å². The van der Waals surface area contributed by atoms with Crippen molar-refractivity contribution in [3.8, 4) is 0 Å². The van der Waals surface area contributed by atoms with E-state index in [0.717, 1.165) is 37.2 Å². The van der Waals surface area contributed by atoms with Crippen molar-refractivity contribution >= 4 is 24.0 Å². The standard InChI is InChI=1S/C15H20N2O.ClH/c1-2-17(11-8-9-11)15(18)13-5-3-7-14-12(13)6-4-10-16-14;/h3,5,7,11,16H,2,4,6,8-10H2,1H3;1H. The topological polar surface area (TPSA) is 32.3 Å². The summed E-state index contributed by atoms with van der Waals surface area (Å²) in [6.45, 7) is 3.91. The van der Waals surface area contributed by atoms with Crippen molar-refractivity contribution in [2.24, 2.45) is 0 Å².